The minimum Gasteiger partial charge on any atom is -0.508 e. The summed E-state index contributed by atoms with van der Waals surface area (Å²) in [6.07, 6.45) is -1.07. The molecule has 2 fully saturated rings. The molecule has 0 aromatic heterocycles. The lowest BCUT2D eigenvalue weighted by molar-refractivity contribution is -0.354. The smallest absolute Gasteiger partial charge is 0.305 e. The normalized spacial score (nSPS) is 29.7. The Kier molecular flexibility index (Phi) is 17.4. The standard InChI is InChI=1S/C43H62O15/c1-3-4-5-6-7-8-9-10-11-12-13-14-15-16-34(47)53-24-33-37(49)39(51)41(58-42-40(52)38(50)36(48)25(2)54-42)43(57-33)55-28-21-29(45)35-30(46)23-31(56-32(35)22-28)26-17-19-27(44)20-18-26/h17-22,25,31,33,36-45,48-52H,3-16,23-24H2,1-2H3/t25-,31-,33+,36-,37+,38+,39-,40+,41+,42-,43+/m0/s1. The molecule has 0 aliphatic carbocycles. The predicted molar refractivity (Wildman–Crippen MR) is 208 cm³/mol. The number of carbonyl (C=O) groups is 2. The highest BCUT2D eigenvalue weighted by Gasteiger charge is 2.51. The second-order valence-corrected chi connectivity index (χ2v) is 15.7. The third-order valence-corrected chi connectivity index (χ3v) is 11.1. The number of benzene rings is 2. The van der Waals surface area contributed by atoms with Crippen molar-refractivity contribution in [3.63, 3.8) is 0 Å². The van der Waals surface area contributed by atoms with E-state index in [1.165, 1.54) is 82.9 Å². The fraction of sp³-hybridized carbons (Fsp3) is 0.674. The first-order valence-electron chi connectivity index (χ1n) is 20.9. The summed E-state index contributed by atoms with van der Waals surface area (Å²) in [4.78, 5) is 25.8. The summed E-state index contributed by atoms with van der Waals surface area (Å²) in [5.74, 6) is -1.47. The Morgan fingerprint density at radius 2 is 1.36 bits per heavy atom. The maximum atomic E-state index is 13.1. The average Bonchev–Trinajstić information content (AvgIpc) is 3.19. The van der Waals surface area contributed by atoms with Gasteiger partial charge < -0.3 is 64.2 Å². The van der Waals surface area contributed by atoms with E-state index in [1.54, 1.807) is 12.1 Å². The number of ketones is 1. The van der Waals surface area contributed by atoms with Crippen LogP contribution in [0.5, 0.6) is 23.0 Å². The Morgan fingerprint density at radius 3 is 2.00 bits per heavy atom. The lowest BCUT2D eigenvalue weighted by Gasteiger charge is -2.45. The third-order valence-electron chi connectivity index (χ3n) is 11.1. The Morgan fingerprint density at radius 1 is 0.741 bits per heavy atom. The SMILES string of the molecule is CCCCCCCCCCCCCCCC(=O)OC[C@H]1O[C@@H](Oc2cc(O)c3c(c2)O[C@H](c2ccc(O)cc2)CC3=O)[C@H](O[C@@H]2O[C@@H](C)[C@H](O)[C@@H](O)[C@H]2O)[C@@H](O)[C@@H]1O. The molecule has 5 rings (SSSR count). The number of aromatic hydroxyl groups is 2. The largest absolute Gasteiger partial charge is 0.508 e. The summed E-state index contributed by atoms with van der Waals surface area (Å²) in [6, 6.07) is 8.59. The van der Waals surface area contributed by atoms with Crippen molar-refractivity contribution in [2.24, 2.45) is 0 Å². The molecule has 0 amide bonds. The summed E-state index contributed by atoms with van der Waals surface area (Å²) in [5, 5.41) is 74.3. The van der Waals surface area contributed by atoms with Crippen LogP contribution < -0.4 is 9.47 Å². The first-order valence-corrected chi connectivity index (χ1v) is 20.9. The van der Waals surface area contributed by atoms with Crippen LogP contribution in [0.1, 0.15) is 132 Å². The fourth-order valence-corrected chi connectivity index (χ4v) is 7.59. The first-order chi connectivity index (χ1) is 27.9. The number of phenolic OH excluding ortho intramolecular Hbond substituents is 2. The number of Topliss-reactive ketones (excluding diaryl/α,β-unsaturated/α-hetero) is 1. The van der Waals surface area contributed by atoms with E-state index in [0.29, 0.717) is 12.0 Å². The Bertz CT molecular complexity index is 1590. The highest BCUT2D eigenvalue weighted by atomic mass is 16.8. The van der Waals surface area contributed by atoms with Gasteiger partial charge >= 0.3 is 5.97 Å². The fourth-order valence-electron chi connectivity index (χ4n) is 7.59. The summed E-state index contributed by atoms with van der Waals surface area (Å²) in [7, 11) is 0. The number of aliphatic hydroxyl groups is 5. The number of carbonyl (C=O) groups excluding carboxylic acids is 2. The minimum atomic E-state index is -1.79. The van der Waals surface area contributed by atoms with Crippen molar-refractivity contribution in [3.8, 4) is 23.0 Å². The second kappa shape index (κ2) is 22.2. The molecule has 0 spiro atoms. The molecule has 0 saturated carbocycles. The van der Waals surface area contributed by atoms with Crippen LogP contribution in [0, 0.1) is 0 Å². The summed E-state index contributed by atoms with van der Waals surface area (Å²) in [6.45, 7) is 3.22. The number of rotatable bonds is 21. The molecule has 2 aromatic rings. The second-order valence-electron chi connectivity index (χ2n) is 15.7. The van der Waals surface area contributed by atoms with Crippen LogP contribution in [-0.4, -0.2) is 116 Å². The van der Waals surface area contributed by atoms with Crippen LogP contribution in [-0.2, 0) is 23.7 Å². The Labute approximate surface area is 339 Å². The van der Waals surface area contributed by atoms with Crippen LogP contribution in [0.3, 0.4) is 0 Å². The van der Waals surface area contributed by atoms with Gasteiger partial charge in [0.05, 0.1) is 12.5 Å². The topological polar surface area (TPSA) is 231 Å². The van der Waals surface area contributed by atoms with E-state index < -0.39 is 91.6 Å². The Hall–Kier alpha value is -3.54. The van der Waals surface area contributed by atoms with E-state index >= 15 is 0 Å². The van der Waals surface area contributed by atoms with Gasteiger partial charge in [0.1, 0.15) is 77.9 Å². The van der Waals surface area contributed by atoms with Gasteiger partial charge in [-0.05, 0) is 31.0 Å². The zero-order valence-corrected chi connectivity index (χ0v) is 33.5. The van der Waals surface area contributed by atoms with Gasteiger partial charge in [-0.15, -0.1) is 0 Å². The summed E-state index contributed by atoms with van der Waals surface area (Å²) in [5.41, 5.74) is 0.520. The predicted octanol–water partition coefficient (Wildman–Crippen LogP) is 4.87. The number of unbranched alkanes of at least 4 members (excludes halogenated alkanes) is 12. The van der Waals surface area contributed by atoms with E-state index in [2.05, 4.69) is 6.92 Å². The molecule has 15 heteroatoms. The highest BCUT2D eigenvalue weighted by Crippen LogP contribution is 2.43. The molecule has 7 N–H and O–H groups in total. The molecule has 58 heavy (non-hydrogen) atoms. The molecular formula is C43H62O15. The van der Waals surface area contributed by atoms with Gasteiger partial charge in [0.25, 0.3) is 0 Å². The molecule has 2 saturated heterocycles. The van der Waals surface area contributed by atoms with Gasteiger partial charge in [0.2, 0.25) is 6.29 Å². The lowest BCUT2D eigenvalue weighted by Crippen LogP contribution is -2.64. The number of ether oxygens (including phenoxy) is 6. The number of aliphatic hydroxyl groups excluding tert-OH is 5. The molecule has 0 radical (unpaired) electrons. The van der Waals surface area contributed by atoms with Gasteiger partial charge in [-0.1, -0.05) is 96.1 Å². The Balaban J connectivity index is 1.20. The molecule has 324 valence electrons. The van der Waals surface area contributed by atoms with Crippen LogP contribution in [0.2, 0.25) is 0 Å². The lowest BCUT2D eigenvalue weighted by atomic mass is 9.95. The average molecular weight is 819 g/mol. The molecule has 0 unspecified atom stereocenters. The minimum absolute atomic E-state index is 0.0196. The monoisotopic (exact) mass is 818 g/mol. The van der Waals surface area contributed by atoms with Crippen molar-refractivity contribution >= 4 is 11.8 Å². The zero-order valence-electron chi connectivity index (χ0n) is 33.5. The van der Waals surface area contributed by atoms with E-state index in [9.17, 15) is 45.3 Å². The van der Waals surface area contributed by atoms with Gasteiger partial charge in [0.15, 0.2) is 18.2 Å². The zero-order chi connectivity index (χ0) is 41.8. The molecular weight excluding hydrogens is 756 g/mol. The molecule has 3 heterocycles. The van der Waals surface area contributed by atoms with E-state index in [0.717, 1.165) is 25.3 Å². The summed E-state index contributed by atoms with van der Waals surface area (Å²) < 4.78 is 35.1. The molecule has 0 bridgehead atoms. The van der Waals surface area contributed by atoms with Gasteiger partial charge in [-0.3, -0.25) is 9.59 Å². The van der Waals surface area contributed by atoms with Crippen LogP contribution in [0.4, 0.5) is 0 Å². The van der Waals surface area contributed by atoms with E-state index in [-0.39, 0.29) is 35.7 Å². The van der Waals surface area contributed by atoms with Gasteiger partial charge in [0, 0.05) is 18.6 Å². The molecule has 3 aliphatic rings. The number of esters is 1. The van der Waals surface area contributed by atoms with Crippen molar-refractivity contribution < 1.29 is 73.8 Å². The van der Waals surface area contributed by atoms with Gasteiger partial charge in [-0.25, -0.2) is 0 Å². The molecule has 3 aliphatic heterocycles. The number of phenols is 2. The van der Waals surface area contributed by atoms with Crippen molar-refractivity contribution in [3.05, 3.63) is 47.5 Å². The number of fused-ring (bicyclic) bond motifs is 1. The first kappa shape index (κ1) is 45.5. The molecule has 2 aromatic carbocycles. The molecule has 11 atom stereocenters. The van der Waals surface area contributed by atoms with E-state index in [4.69, 9.17) is 28.4 Å². The number of hydrogen-bond donors (Lipinski definition) is 7. The van der Waals surface area contributed by atoms with Crippen molar-refractivity contribution in [2.45, 2.75) is 178 Å². The third kappa shape index (κ3) is 12.3. The van der Waals surface area contributed by atoms with Crippen LogP contribution in [0.15, 0.2) is 36.4 Å². The van der Waals surface area contributed by atoms with E-state index in [1.807, 2.05) is 0 Å². The maximum Gasteiger partial charge on any atom is 0.305 e. The van der Waals surface area contributed by atoms with Gasteiger partial charge in [-0.2, -0.15) is 0 Å². The van der Waals surface area contributed by atoms with Crippen molar-refractivity contribution in [1.82, 2.24) is 0 Å². The van der Waals surface area contributed by atoms with Crippen LogP contribution in [0.25, 0.3) is 0 Å². The van der Waals surface area contributed by atoms with Crippen molar-refractivity contribution in [1.29, 1.82) is 0 Å². The van der Waals surface area contributed by atoms with Crippen molar-refractivity contribution in [2.75, 3.05) is 6.61 Å². The quantitative estimate of drug-likeness (QED) is 0.0658. The van der Waals surface area contributed by atoms with Crippen LogP contribution >= 0.6 is 0 Å². The number of hydrogen-bond acceptors (Lipinski definition) is 15. The molecule has 15 nitrogen and oxygen atoms in total. The maximum absolute atomic E-state index is 13.1. The highest BCUT2D eigenvalue weighted by molar-refractivity contribution is 6.02. The summed E-state index contributed by atoms with van der Waals surface area (Å²) >= 11 is 0.